The van der Waals surface area contributed by atoms with Crippen LogP contribution < -0.4 is 5.73 Å². The highest BCUT2D eigenvalue weighted by Gasteiger charge is 2.09. The van der Waals surface area contributed by atoms with E-state index in [0.29, 0.717) is 21.8 Å². The van der Waals surface area contributed by atoms with Gasteiger partial charge in [-0.3, -0.25) is 0 Å². The number of nitrogen functional groups attached to an aromatic ring is 1. The van der Waals surface area contributed by atoms with Gasteiger partial charge < -0.3 is 5.73 Å². The lowest BCUT2D eigenvalue weighted by atomic mass is 10.2. The van der Waals surface area contributed by atoms with E-state index >= 15 is 0 Å². The summed E-state index contributed by atoms with van der Waals surface area (Å²) in [5, 5.41) is 1.74. The van der Waals surface area contributed by atoms with Crippen molar-refractivity contribution in [2.45, 2.75) is 25.3 Å². The minimum absolute atomic E-state index is 0.340. The molecule has 0 amide bonds. The zero-order valence-electron chi connectivity index (χ0n) is 8.76. The maximum absolute atomic E-state index is 6.00. The van der Waals surface area contributed by atoms with Gasteiger partial charge in [-0.2, -0.15) is 0 Å². The summed E-state index contributed by atoms with van der Waals surface area (Å²) in [6, 6.07) is 1.64. The highest BCUT2D eigenvalue weighted by Crippen LogP contribution is 2.31. The van der Waals surface area contributed by atoms with E-state index in [2.05, 4.69) is 18.8 Å². The molecule has 5 heteroatoms. The predicted molar refractivity (Wildman–Crippen MR) is 68.8 cm³/mol. The molecule has 0 spiro atoms. The number of thioether (sulfide) groups is 1. The van der Waals surface area contributed by atoms with Crippen molar-refractivity contribution >= 4 is 40.8 Å². The summed E-state index contributed by atoms with van der Waals surface area (Å²) in [5.74, 6) is 1.97. The first-order valence-electron chi connectivity index (χ1n) is 4.78. The van der Waals surface area contributed by atoms with Crippen LogP contribution in [0.5, 0.6) is 0 Å². The van der Waals surface area contributed by atoms with Crippen LogP contribution in [0.3, 0.4) is 0 Å². The predicted octanol–water partition coefficient (Wildman–Crippen LogP) is 4.11. The first-order chi connectivity index (χ1) is 7.04. The number of nitrogens with two attached hydrogens (primary N) is 1. The Labute approximate surface area is 105 Å². The largest absolute Gasteiger partial charge is 0.382 e. The van der Waals surface area contributed by atoms with Crippen molar-refractivity contribution < 1.29 is 0 Å². The van der Waals surface area contributed by atoms with Gasteiger partial charge >= 0.3 is 0 Å². The van der Waals surface area contributed by atoms with E-state index in [0.717, 1.165) is 17.2 Å². The monoisotopic (exact) mass is 264 g/mol. The van der Waals surface area contributed by atoms with Gasteiger partial charge in [0.25, 0.3) is 0 Å². The van der Waals surface area contributed by atoms with Gasteiger partial charge in [-0.1, -0.05) is 43.5 Å². The summed E-state index contributed by atoms with van der Waals surface area (Å²) < 4.78 is 0. The summed E-state index contributed by atoms with van der Waals surface area (Å²) in [6.45, 7) is 4.36. The average Bonchev–Trinajstić information content (AvgIpc) is 2.21. The van der Waals surface area contributed by atoms with Gasteiger partial charge in [0.05, 0.1) is 10.0 Å². The van der Waals surface area contributed by atoms with E-state index in [-0.39, 0.29) is 0 Å². The maximum Gasteiger partial charge on any atom is 0.143 e. The number of nitrogens with zero attached hydrogens (tertiary/aromatic N) is 1. The summed E-state index contributed by atoms with van der Waals surface area (Å²) >= 11 is 13.4. The number of anilines is 1. The SMILES string of the molecule is CCC(C)CSc1nc(N)c(Cl)cc1Cl. The standard InChI is InChI=1S/C10H14Cl2N2S/c1-3-6(2)5-15-10-8(12)4-7(11)9(13)14-10/h4,6H,3,5H2,1-2H3,(H2,13,14). The Morgan fingerprint density at radius 1 is 1.47 bits per heavy atom. The van der Waals surface area contributed by atoms with E-state index in [4.69, 9.17) is 28.9 Å². The minimum Gasteiger partial charge on any atom is -0.382 e. The zero-order chi connectivity index (χ0) is 11.4. The number of halogens is 2. The van der Waals surface area contributed by atoms with Crippen LogP contribution in [-0.2, 0) is 0 Å². The van der Waals surface area contributed by atoms with Crippen molar-refractivity contribution in [3.05, 3.63) is 16.1 Å². The second-order valence-corrected chi connectivity index (χ2v) is 5.29. The molecule has 2 N–H and O–H groups in total. The quantitative estimate of drug-likeness (QED) is 0.832. The Morgan fingerprint density at radius 2 is 2.13 bits per heavy atom. The second kappa shape index (κ2) is 5.83. The summed E-state index contributed by atoms with van der Waals surface area (Å²) in [7, 11) is 0. The molecule has 0 bridgehead atoms. The van der Waals surface area contributed by atoms with Gasteiger partial charge in [0, 0.05) is 5.75 Å². The number of aromatic nitrogens is 1. The fourth-order valence-electron chi connectivity index (χ4n) is 0.903. The van der Waals surface area contributed by atoms with E-state index in [1.54, 1.807) is 17.8 Å². The van der Waals surface area contributed by atoms with Crippen LogP contribution in [0.15, 0.2) is 11.1 Å². The van der Waals surface area contributed by atoms with Crippen molar-refractivity contribution in [2.75, 3.05) is 11.5 Å². The number of rotatable bonds is 4. The molecular weight excluding hydrogens is 251 g/mol. The van der Waals surface area contributed by atoms with Gasteiger partial charge in [0.15, 0.2) is 0 Å². The van der Waals surface area contributed by atoms with Crippen molar-refractivity contribution in [2.24, 2.45) is 5.92 Å². The normalized spacial score (nSPS) is 12.8. The van der Waals surface area contributed by atoms with Crippen molar-refractivity contribution in [3.8, 4) is 0 Å². The molecule has 0 aliphatic rings. The molecule has 0 saturated carbocycles. The first kappa shape index (κ1) is 12.9. The lowest BCUT2D eigenvalue weighted by molar-refractivity contribution is 0.636. The summed E-state index contributed by atoms with van der Waals surface area (Å²) in [4.78, 5) is 4.16. The molecule has 0 aliphatic heterocycles. The van der Waals surface area contributed by atoms with Crippen LogP contribution in [0, 0.1) is 5.92 Å². The molecule has 0 aromatic carbocycles. The Morgan fingerprint density at radius 3 is 2.73 bits per heavy atom. The summed E-state index contributed by atoms with van der Waals surface area (Å²) in [5.41, 5.74) is 5.61. The molecule has 0 aliphatic carbocycles. The molecule has 1 aromatic heterocycles. The molecule has 0 saturated heterocycles. The van der Waals surface area contributed by atoms with Gasteiger partial charge in [-0.15, -0.1) is 11.8 Å². The van der Waals surface area contributed by atoms with Crippen LogP contribution in [-0.4, -0.2) is 10.7 Å². The van der Waals surface area contributed by atoms with Gasteiger partial charge in [-0.05, 0) is 12.0 Å². The Hall–Kier alpha value is -0.120. The topological polar surface area (TPSA) is 38.9 Å². The fourth-order valence-corrected chi connectivity index (χ4v) is 2.46. The van der Waals surface area contributed by atoms with E-state index in [1.165, 1.54) is 0 Å². The number of pyridine rings is 1. The molecule has 1 heterocycles. The average molecular weight is 265 g/mol. The Kier molecular flexibility index (Phi) is 5.03. The third kappa shape index (κ3) is 3.74. The van der Waals surface area contributed by atoms with Gasteiger partial charge in [-0.25, -0.2) is 4.98 Å². The number of hydrogen-bond acceptors (Lipinski definition) is 3. The molecule has 1 rings (SSSR count). The maximum atomic E-state index is 6.00. The van der Waals surface area contributed by atoms with Crippen LogP contribution in [0.1, 0.15) is 20.3 Å². The smallest absolute Gasteiger partial charge is 0.143 e. The fraction of sp³-hybridized carbons (Fsp3) is 0.500. The zero-order valence-corrected chi connectivity index (χ0v) is 11.1. The third-order valence-electron chi connectivity index (χ3n) is 2.13. The second-order valence-electron chi connectivity index (χ2n) is 3.47. The van der Waals surface area contributed by atoms with E-state index in [9.17, 15) is 0 Å². The minimum atomic E-state index is 0.340. The molecule has 1 unspecified atom stereocenters. The molecule has 0 fully saturated rings. The molecule has 84 valence electrons. The molecule has 1 atom stereocenters. The lowest BCUT2D eigenvalue weighted by Crippen LogP contribution is -1.98. The van der Waals surface area contributed by atoms with Gasteiger partial charge in [0.1, 0.15) is 10.8 Å². The first-order valence-corrected chi connectivity index (χ1v) is 6.53. The molecule has 0 radical (unpaired) electrons. The van der Waals surface area contributed by atoms with Crippen LogP contribution >= 0.6 is 35.0 Å². The molecule has 15 heavy (non-hydrogen) atoms. The Bertz CT molecular complexity index is 344. The highest BCUT2D eigenvalue weighted by molar-refractivity contribution is 7.99. The molecular formula is C10H14Cl2N2S. The van der Waals surface area contributed by atoms with E-state index < -0.39 is 0 Å². The third-order valence-corrected chi connectivity index (χ3v) is 4.15. The highest BCUT2D eigenvalue weighted by atomic mass is 35.5. The van der Waals surface area contributed by atoms with Crippen molar-refractivity contribution in [3.63, 3.8) is 0 Å². The Balaban J connectivity index is 2.73. The van der Waals surface area contributed by atoms with Crippen LogP contribution in [0.2, 0.25) is 10.0 Å². The van der Waals surface area contributed by atoms with Crippen LogP contribution in [0.25, 0.3) is 0 Å². The van der Waals surface area contributed by atoms with Crippen LogP contribution in [0.4, 0.5) is 5.82 Å². The molecule has 1 aromatic rings. The van der Waals surface area contributed by atoms with Crippen molar-refractivity contribution in [1.29, 1.82) is 0 Å². The number of hydrogen-bond donors (Lipinski definition) is 1. The molecule has 2 nitrogen and oxygen atoms in total. The van der Waals surface area contributed by atoms with Crippen molar-refractivity contribution in [1.82, 2.24) is 4.98 Å². The van der Waals surface area contributed by atoms with Gasteiger partial charge in [0.2, 0.25) is 0 Å². The van der Waals surface area contributed by atoms with E-state index in [1.807, 2.05) is 0 Å². The lowest BCUT2D eigenvalue weighted by Gasteiger charge is -2.09. The summed E-state index contributed by atoms with van der Waals surface area (Å²) in [6.07, 6.45) is 1.15.